The zero-order valence-electron chi connectivity index (χ0n) is 14.4. The van der Waals surface area contributed by atoms with Gasteiger partial charge in [-0.1, -0.05) is 6.08 Å². The summed E-state index contributed by atoms with van der Waals surface area (Å²) in [6.45, 7) is 3.80. The zero-order valence-corrected chi connectivity index (χ0v) is 16.1. The van der Waals surface area contributed by atoms with Gasteiger partial charge in [0.05, 0.1) is 31.3 Å². The number of hydrogen-bond donors (Lipinski definition) is 0. The highest BCUT2D eigenvalue weighted by Gasteiger charge is 2.26. The van der Waals surface area contributed by atoms with E-state index >= 15 is 0 Å². The number of methoxy groups -OCH3 is 2. The van der Waals surface area contributed by atoms with Crippen LogP contribution in [0.1, 0.15) is 0 Å². The van der Waals surface area contributed by atoms with Gasteiger partial charge < -0.3 is 9.47 Å². The Morgan fingerprint density at radius 3 is 2.32 bits per heavy atom. The minimum atomic E-state index is -3.76. The van der Waals surface area contributed by atoms with Gasteiger partial charge in [0, 0.05) is 11.0 Å². The van der Waals surface area contributed by atoms with Crippen molar-refractivity contribution in [2.24, 2.45) is 0 Å². The number of nitrogens with zero attached hydrogens (tertiary/aromatic N) is 1. The maximum Gasteiger partial charge on any atom is 0.264 e. The molecule has 0 amide bonds. The average molecular weight is 380 g/mol. The van der Waals surface area contributed by atoms with E-state index < -0.39 is 10.0 Å². The zero-order chi connectivity index (χ0) is 18.4. The number of rotatable bonds is 8. The molecular weight excluding hydrogens is 358 g/mol. The SMILES string of the molecule is C=CCN(c1ccc(OC)cc1OC)S(=O)(=O)c1ccc(SC)cc1. The molecule has 7 heteroatoms. The number of benzene rings is 2. The fourth-order valence-corrected chi connectivity index (χ4v) is 4.16. The highest BCUT2D eigenvalue weighted by molar-refractivity contribution is 7.98. The van der Waals surface area contributed by atoms with Gasteiger partial charge in [-0.25, -0.2) is 8.42 Å². The molecule has 0 atom stereocenters. The Bertz CT molecular complexity index is 833. The van der Waals surface area contributed by atoms with Gasteiger partial charge in [-0.15, -0.1) is 18.3 Å². The third-order valence-corrected chi connectivity index (χ3v) is 6.14. The Morgan fingerprint density at radius 1 is 1.12 bits per heavy atom. The Balaban J connectivity index is 2.54. The molecule has 0 unspecified atom stereocenters. The fourth-order valence-electron chi connectivity index (χ4n) is 2.31. The summed E-state index contributed by atoms with van der Waals surface area (Å²) >= 11 is 1.55. The van der Waals surface area contributed by atoms with Crippen molar-refractivity contribution in [1.29, 1.82) is 0 Å². The quantitative estimate of drug-likeness (QED) is 0.516. The fraction of sp³-hybridized carbons (Fsp3) is 0.222. The molecule has 0 aliphatic heterocycles. The minimum Gasteiger partial charge on any atom is -0.497 e. The standard InChI is InChI=1S/C18H21NO4S2/c1-5-12-19(17-11-6-14(22-2)13-18(17)23-3)25(20,21)16-9-7-15(24-4)8-10-16/h5-11,13H,1,12H2,2-4H3. The summed E-state index contributed by atoms with van der Waals surface area (Å²) in [5.41, 5.74) is 0.428. The summed E-state index contributed by atoms with van der Waals surface area (Å²) in [6.07, 6.45) is 3.48. The van der Waals surface area contributed by atoms with Crippen molar-refractivity contribution in [1.82, 2.24) is 0 Å². The van der Waals surface area contributed by atoms with Gasteiger partial charge in [-0.3, -0.25) is 4.31 Å². The van der Waals surface area contributed by atoms with E-state index in [0.717, 1.165) is 4.90 Å². The third-order valence-electron chi connectivity index (χ3n) is 3.60. The van der Waals surface area contributed by atoms with E-state index in [9.17, 15) is 8.42 Å². The van der Waals surface area contributed by atoms with Gasteiger partial charge in [0.25, 0.3) is 10.0 Å². The van der Waals surface area contributed by atoms with Crippen LogP contribution in [0, 0.1) is 0 Å². The van der Waals surface area contributed by atoms with E-state index in [4.69, 9.17) is 9.47 Å². The van der Waals surface area contributed by atoms with E-state index in [1.54, 1.807) is 61.3 Å². The van der Waals surface area contributed by atoms with Crippen LogP contribution in [0.15, 0.2) is 64.9 Å². The first kappa shape index (κ1) is 19.2. The van der Waals surface area contributed by atoms with Gasteiger partial charge in [0.1, 0.15) is 11.5 Å². The first-order chi connectivity index (χ1) is 12.0. The van der Waals surface area contributed by atoms with Crippen LogP contribution < -0.4 is 13.8 Å². The Hall–Kier alpha value is -2.12. The van der Waals surface area contributed by atoms with E-state index in [-0.39, 0.29) is 11.4 Å². The van der Waals surface area contributed by atoms with E-state index in [0.29, 0.717) is 17.2 Å². The normalized spacial score (nSPS) is 11.0. The number of thioether (sulfide) groups is 1. The second-order valence-corrected chi connectivity index (χ2v) is 7.78. The van der Waals surface area contributed by atoms with Gasteiger partial charge in [0.15, 0.2) is 0 Å². The molecular formula is C18H21NO4S2. The van der Waals surface area contributed by atoms with Gasteiger partial charge in [-0.05, 0) is 42.7 Å². The molecule has 2 rings (SSSR count). The van der Waals surface area contributed by atoms with Crippen LogP contribution in [-0.4, -0.2) is 35.4 Å². The van der Waals surface area contributed by atoms with Crippen molar-refractivity contribution >= 4 is 27.5 Å². The lowest BCUT2D eigenvalue weighted by Crippen LogP contribution is -2.31. The number of hydrogen-bond acceptors (Lipinski definition) is 5. The largest absolute Gasteiger partial charge is 0.497 e. The Morgan fingerprint density at radius 2 is 1.80 bits per heavy atom. The maximum absolute atomic E-state index is 13.1. The Kier molecular flexibility index (Phi) is 6.39. The molecule has 5 nitrogen and oxygen atoms in total. The summed E-state index contributed by atoms with van der Waals surface area (Å²) in [4.78, 5) is 1.21. The molecule has 0 aliphatic rings. The second-order valence-electron chi connectivity index (χ2n) is 5.04. The van der Waals surface area contributed by atoms with Crippen molar-refractivity contribution in [3.63, 3.8) is 0 Å². The van der Waals surface area contributed by atoms with Gasteiger partial charge in [-0.2, -0.15) is 0 Å². The predicted molar refractivity (Wildman–Crippen MR) is 102 cm³/mol. The molecule has 0 spiro atoms. The number of anilines is 1. The first-order valence-corrected chi connectivity index (χ1v) is 10.1. The van der Waals surface area contributed by atoms with Crippen molar-refractivity contribution in [2.45, 2.75) is 9.79 Å². The summed E-state index contributed by atoms with van der Waals surface area (Å²) in [7, 11) is -0.729. The van der Waals surface area contributed by atoms with Crippen molar-refractivity contribution in [2.75, 3.05) is 31.3 Å². The van der Waals surface area contributed by atoms with Crippen molar-refractivity contribution < 1.29 is 17.9 Å². The van der Waals surface area contributed by atoms with E-state index in [1.165, 1.54) is 17.5 Å². The molecule has 25 heavy (non-hydrogen) atoms. The minimum absolute atomic E-state index is 0.120. The summed E-state index contributed by atoms with van der Waals surface area (Å²) < 4.78 is 38.1. The van der Waals surface area contributed by atoms with Crippen LogP contribution in [0.3, 0.4) is 0 Å². The summed E-state index contributed by atoms with van der Waals surface area (Å²) in [5.74, 6) is 0.992. The lowest BCUT2D eigenvalue weighted by molar-refractivity contribution is 0.395. The molecule has 0 N–H and O–H groups in total. The third kappa shape index (κ3) is 4.11. The molecule has 0 saturated heterocycles. The van der Waals surface area contributed by atoms with Crippen LogP contribution in [0.5, 0.6) is 11.5 Å². The van der Waals surface area contributed by atoms with E-state index in [2.05, 4.69) is 6.58 Å². The van der Waals surface area contributed by atoms with Gasteiger partial charge >= 0.3 is 0 Å². The number of ether oxygens (including phenoxy) is 2. The van der Waals surface area contributed by atoms with Crippen LogP contribution in [0.25, 0.3) is 0 Å². The molecule has 0 bridgehead atoms. The molecule has 0 radical (unpaired) electrons. The lowest BCUT2D eigenvalue weighted by Gasteiger charge is -2.25. The molecule has 0 heterocycles. The predicted octanol–water partition coefficient (Wildman–Crippen LogP) is 3.81. The topological polar surface area (TPSA) is 55.8 Å². The second kappa shape index (κ2) is 8.31. The maximum atomic E-state index is 13.1. The highest BCUT2D eigenvalue weighted by Crippen LogP contribution is 2.35. The summed E-state index contributed by atoms with van der Waals surface area (Å²) in [5, 5.41) is 0. The molecule has 2 aromatic rings. The van der Waals surface area contributed by atoms with Crippen LogP contribution in [0.4, 0.5) is 5.69 Å². The molecule has 0 aromatic heterocycles. The molecule has 0 aliphatic carbocycles. The monoisotopic (exact) mass is 379 g/mol. The van der Waals surface area contributed by atoms with Crippen LogP contribution >= 0.6 is 11.8 Å². The van der Waals surface area contributed by atoms with Crippen LogP contribution in [-0.2, 0) is 10.0 Å². The lowest BCUT2D eigenvalue weighted by atomic mass is 10.2. The number of sulfonamides is 1. The van der Waals surface area contributed by atoms with Gasteiger partial charge in [0.2, 0.25) is 0 Å². The molecule has 2 aromatic carbocycles. The molecule has 134 valence electrons. The summed E-state index contributed by atoms with van der Waals surface area (Å²) in [6, 6.07) is 11.8. The van der Waals surface area contributed by atoms with Crippen molar-refractivity contribution in [3.8, 4) is 11.5 Å². The molecule has 0 saturated carbocycles. The molecule has 0 fully saturated rings. The first-order valence-electron chi connectivity index (χ1n) is 7.47. The van der Waals surface area contributed by atoms with E-state index in [1.807, 2.05) is 6.26 Å². The highest BCUT2D eigenvalue weighted by atomic mass is 32.2. The Labute approximate surface area is 153 Å². The van der Waals surface area contributed by atoms with Crippen LogP contribution in [0.2, 0.25) is 0 Å². The average Bonchev–Trinajstić information content (AvgIpc) is 2.65. The smallest absolute Gasteiger partial charge is 0.264 e. The van der Waals surface area contributed by atoms with Crippen molar-refractivity contribution in [3.05, 3.63) is 55.1 Å².